The number of carbonyl (C=O) groups is 1. The van der Waals surface area contributed by atoms with Crippen molar-refractivity contribution in [2.24, 2.45) is 0 Å². The zero-order valence-electron chi connectivity index (χ0n) is 16.6. The molecule has 2 aromatic carbocycles. The Morgan fingerprint density at radius 2 is 1.90 bits per heavy atom. The number of benzene rings is 2. The number of aryl methyl sites for hydroxylation is 1. The highest BCUT2D eigenvalue weighted by atomic mass is 35.5. The van der Waals surface area contributed by atoms with Gasteiger partial charge in [-0.1, -0.05) is 29.8 Å². The molecule has 1 spiro atoms. The van der Waals surface area contributed by atoms with E-state index in [1.54, 1.807) is 6.07 Å². The van der Waals surface area contributed by atoms with Gasteiger partial charge in [0.05, 0.1) is 11.4 Å². The van der Waals surface area contributed by atoms with E-state index in [1.807, 2.05) is 64.9 Å². The Kier molecular flexibility index (Phi) is 4.34. The average Bonchev–Trinajstić information content (AvgIpc) is 3.21. The van der Waals surface area contributed by atoms with Gasteiger partial charge >= 0.3 is 0 Å². The zero-order valence-corrected chi connectivity index (χ0v) is 17.3. The Morgan fingerprint density at radius 1 is 1.13 bits per heavy atom. The fourth-order valence-corrected chi connectivity index (χ4v) is 4.65. The Morgan fingerprint density at radius 3 is 2.63 bits per heavy atom. The molecule has 0 unspecified atom stereocenters. The number of fused-ring (bicyclic) bond motifs is 4. The van der Waals surface area contributed by atoms with Crippen molar-refractivity contribution in [1.82, 2.24) is 9.47 Å². The van der Waals surface area contributed by atoms with Crippen LogP contribution in [0.15, 0.2) is 54.6 Å². The molecule has 0 radical (unpaired) electrons. The minimum atomic E-state index is -0.550. The minimum absolute atomic E-state index is 0.0175. The number of nitriles is 1. The second kappa shape index (κ2) is 6.93. The molecule has 0 aliphatic carbocycles. The van der Waals surface area contributed by atoms with Crippen LogP contribution in [0.25, 0.3) is 5.69 Å². The van der Waals surface area contributed by atoms with Crippen LogP contribution in [-0.2, 0) is 5.60 Å². The first-order valence-electron chi connectivity index (χ1n) is 9.99. The summed E-state index contributed by atoms with van der Waals surface area (Å²) in [6.07, 6.45) is 1.31. The number of halogens is 1. The minimum Gasteiger partial charge on any atom is -0.479 e. The fraction of sp³-hybridized carbons (Fsp3) is 0.250. The maximum Gasteiger partial charge on any atom is 0.253 e. The van der Waals surface area contributed by atoms with E-state index in [1.165, 1.54) is 0 Å². The number of aromatic nitrogens is 1. The normalized spacial score (nSPS) is 16.4. The Hall–Kier alpha value is -3.23. The van der Waals surface area contributed by atoms with Crippen LogP contribution in [0.1, 0.15) is 40.2 Å². The second-order valence-corrected chi connectivity index (χ2v) is 8.28. The number of ether oxygens (including phenoxy) is 1. The highest BCUT2D eigenvalue weighted by Crippen LogP contribution is 2.45. The Bertz CT molecular complexity index is 1200. The number of carbonyl (C=O) groups excluding carboxylic acids is 1. The van der Waals surface area contributed by atoms with Gasteiger partial charge in [-0.15, -0.1) is 0 Å². The summed E-state index contributed by atoms with van der Waals surface area (Å²) >= 11 is 6.21. The van der Waals surface area contributed by atoms with Crippen molar-refractivity contribution in [1.29, 1.82) is 5.26 Å². The fourth-order valence-electron chi connectivity index (χ4n) is 4.47. The molecule has 3 heterocycles. The molecule has 2 aliphatic heterocycles. The van der Waals surface area contributed by atoms with E-state index in [9.17, 15) is 10.1 Å². The van der Waals surface area contributed by atoms with E-state index < -0.39 is 5.60 Å². The highest BCUT2D eigenvalue weighted by Gasteiger charge is 2.45. The van der Waals surface area contributed by atoms with Gasteiger partial charge < -0.3 is 9.64 Å². The third kappa shape index (κ3) is 2.79. The Balaban J connectivity index is 1.45. The van der Waals surface area contributed by atoms with Gasteiger partial charge in [-0.3, -0.25) is 9.36 Å². The molecular weight excluding hydrogens is 398 g/mol. The summed E-state index contributed by atoms with van der Waals surface area (Å²) in [5.41, 5.74) is 3.45. The van der Waals surface area contributed by atoms with Gasteiger partial charge in [-0.05, 0) is 48.9 Å². The van der Waals surface area contributed by atoms with Crippen LogP contribution in [0.3, 0.4) is 0 Å². The zero-order chi connectivity index (χ0) is 20.9. The maximum atomic E-state index is 13.0. The second-order valence-electron chi connectivity index (χ2n) is 7.87. The largest absolute Gasteiger partial charge is 0.479 e. The molecule has 1 fully saturated rings. The van der Waals surface area contributed by atoms with Gasteiger partial charge in [0.1, 0.15) is 17.5 Å². The van der Waals surface area contributed by atoms with E-state index in [4.69, 9.17) is 16.3 Å². The molecule has 150 valence electrons. The first-order valence-corrected chi connectivity index (χ1v) is 10.4. The lowest BCUT2D eigenvalue weighted by Crippen LogP contribution is -2.50. The molecular formula is C24H20ClN3O2. The van der Waals surface area contributed by atoms with Crippen LogP contribution < -0.4 is 4.74 Å². The molecule has 1 amide bonds. The molecule has 0 bridgehead atoms. The molecule has 5 nitrogen and oxygen atoms in total. The molecule has 0 N–H and O–H groups in total. The van der Waals surface area contributed by atoms with Gasteiger partial charge in [-0.2, -0.15) is 5.26 Å². The van der Waals surface area contributed by atoms with Crippen LogP contribution in [0.5, 0.6) is 5.75 Å². The van der Waals surface area contributed by atoms with Crippen LogP contribution in [0.4, 0.5) is 0 Å². The molecule has 0 atom stereocenters. The molecule has 0 saturated carbocycles. The monoisotopic (exact) mass is 417 g/mol. The molecule has 6 heteroatoms. The van der Waals surface area contributed by atoms with Crippen molar-refractivity contribution in [3.8, 4) is 17.5 Å². The quantitative estimate of drug-likeness (QED) is 0.569. The number of piperidine rings is 1. The van der Waals surface area contributed by atoms with Gasteiger partial charge in [0.25, 0.3) is 5.91 Å². The number of para-hydroxylation sites is 2. The van der Waals surface area contributed by atoms with Crippen LogP contribution >= 0.6 is 11.6 Å². The van der Waals surface area contributed by atoms with Gasteiger partial charge in [0.15, 0.2) is 5.60 Å². The van der Waals surface area contributed by atoms with E-state index in [2.05, 4.69) is 6.07 Å². The number of amides is 1. The molecule has 1 aromatic heterocycles. The smallest absolute Gasteiger partial charge is 0.253 e. The summed E-state index contributed by atoms with van der Waals surface area (Å²) < 4.78 is 8.52. The summed E-state index contributed by atoms with van der Waals surface area (Å²) in [7, 11) is 0. The van der Waals surface area contributed by atoms with Crippen LogP contribution in [0.2, 0.25) is 5.02 Å². The molecule has 2 aliphatic rings. The van der Waals surface area contributed by atoms with Crippen molar-refractivity contribution in [3.05, 3.63) is 82.1 Å². The van der Waals surface area contributed by atoms with Crippen molar-refractivity contribution in [2.75, 3.05) is 13.1 Å². The van der Waals surface area contributed by atoms with Crippen molar-refractivity contribution in [3.63, 3.8) is 0 Å². The number of likely N-dealkylation sites (tertiary alicyclic amines) is 1. The topological polar surface area (TPSA) is 58.3 Å². The number of hydrogen-bond donors (Lipinski definition) is 0. The van der Waals surface area contributed by atoms with Crippen molar-refractivity contribution < 1.29 is 9.53 Å². The summed E-state index contributed by atoms with van der Waals surface area (Å²) in [4.78, 5) is 14.9. The van der Waals surface area contributed by atoms with E-state index in [-0.39, 0.29) is 5.91 Å². The first-order chi connectivity index (χ1) is 14.5. The first kappa shape index (κ1) is 18.8. The number of nitrogens with zero attached hydrogens (tertiary/aromatic N) is 3. The van der Waals surface area contributed by atoms with Crippen LogP contribution in [0, 0.1) is 18.3 Å². The van der Waals surface area contributed by atoms with E-state index >= 15 is 0 Å². The predicted molar refractivity (Wildman–Crippen MR) is 114 cm³/mol. The van der Waals surface area contributed by atoms with Crippen molar-refractivity contribution >= 4 is 17.5 Å². The number of rotatable bonds is 1. The van der Waals surface area contributed by atoms with E-state index in [0.717, 1.165) is 22.7 Å². The SMILES string of the molecule is Cc1ccc(C(=O)N2CCC3(CC2)Oc2ccccc2-n2c(C#N)ccc23)cc1Cl. The molecule has 1 saturated heterocycles. The lowest BCUT2D eigenvalue weighted by atomic mass is 9.86. The summed E-state index contributed by atoms with van der Waals surface area (Å²) in [6.45, 7) is 3.06. The van der Waals surface area contributed by atoms with Crippen LogP contribution in [-0.4, -0.2) is 28.5 Å². The average molecular weight is 418 g/mol. The van der Waals surface area contributed by atoms with Crippen molar-refractivity contribution in [2.45, 2.75) is 25.4 Å². The summed E-state index contributed by atoms with van der Waals surface area (Å²) in [5.74, 6) is 0.749. The summed E-state index contributed by atoms with van der Waals surface area (Å²) in [6, 6.07) is 19.3. The molecule has 30 heavy (non-hydrogen) atoms. The number of hydrogen-bond acceptors (Lipinski definition) is 3. The van der Waals surface area contributed by atoms with E-state index in [0.29, 0.717) is 42.2 Å². The third-order valence-electron chi connectivity index (χ3n) is 6.15. The lowest BCUT2D eigenvalue weighted by Gasteiger charge is -2.45. The predicted octanol–water partition coefficient (Wildman–Crippen LogP) is 4.83. The lowest BCUT2D eigenvalue weighted by molar-refractivity contribution is -0.00937. The maximum absolute atomic E-state index is 13.0. The molecule has 3 aromatic rings. The molecule has 5 rings (SSSR count). The van der Waals surface area contributed by atoms with Gasteiger partial charge in [-0.25, -0.2) is 0 Å². The Labute approximate surface area is 180 Å². The third-order valence-corrected chi connectivity index (χ3v) is 6.56. The van der Waals surface area contributed by atoms with Gasteiger partial charge in [0.2, 0.25) is 0 Å². The standard InChI is InChI=1S/C24H20ClN3O2/c1-16-6-7-17(14-19(16)25)23(29)27-12-10-24(11-13-27)22-9-8-18(15-26)28(22)20-4-2-3-5-21(20)30-24/h2-9,14H,10-13H2,1H3. The highest BCUT2D eigenvalue weighted by molar-refractivity contribution is 6.31. The van der Waals surface area contributed by atoms with Gasteiger partial charge in [0, 0.05) is 36.5 Å². The summed E-state index contributed by atoms with van der Waals surface area (Å²) in [5, 5.41) is 10.2.